The first kappa shape index (κ1) is 18.0. The lowest BCUT2D eigenvalue weighted by molar-refractivity contribution is -0.140. The van der Waals surface area contributed by atoms with E-state index in [-0.39, 0.29) is 36.2 Å². The van der Waals surface area contributed by atoms with Crippen LogP contribution in [0, 0.1) is 0 Å². The highest BCUT2D eigenvalue weighted by Gasteiger charge is 2.35. The van der Waals surface area contributed by atoms with E-state index in [4.69, 9.17) is 5.73 Å². The third kappa shape index (κ3) is 3.72. The second kappa shape index (κ2) is 6.46. The van der Waals surface area contributed by atoms with Crippen molar-refractivity contribution in [1.29, 1.82) is 0 Å². The van der Waals surface area contributed by atoms with Gasteiger partial charge >= 0.3 is 6.18 Å². The normalized spacial score (nSPS) is 17.0. The number of halogens is 3. The number of anilines is 2. The Morgan fingerprint density at radius 1 is 1.08 bits per heavy atom. The van der Waals surface area contributed by atoms with Gasteiger partial charge in [-0.2, -0.15) is 17.5 Å². The van der Waals surface area contributed by atoms with E-state index in [0.717, 1.165) is 16.7 Å². The van der Waals surface area contributed by atoms with E-state index in [1.54, 1.807) is 4.90 Å². The van der Waals surface area contributed by atoms with Gasteiger partial charge in [0.15, 0.2) is 10.8 Å². The molecule has 1 fully saturated rings. The first-order chi connectivity index (χ1) is 11.7. The van der Waals surface area contributed by atoms with Gasteiger partial charge in [0.2, 0.25) is 10.0 Å². The predicted molar refractivity (Wildman–Crippen MR) is 88.9 cm³/mol. The SMILES string of the molecule is Nc1ccc(S(=O)(=O)N2CCN(c3nc(C(F)(F)F)cs3)CC2)cc1. The Kier molecular flexibility index (Phi) is 4.64. The maximum atomic E-state index is 12.6. The Balaban J connectivity index is 1.69. The van der Waals surface area contributed by atoms with Gasteiger partial charge in [0.1, 0.15) is 0 Å². The molecule has 0 saturated carbocycles. The number of alkyl halides is 3. The fraction of sp³-hybridized carbons (Fsp3) is 0.357. The van der Waals surface area contributed by atoms with Crippen LogP contribution in [0.3, 0.4) is 0 Å². The van der Waals surface area contributed by atoms with Gasteiger partial charge in [0, 0.05) is 37.2 Å². The van der Waals surface area contributed by atoms with Gasteiger partial charge in [-0.05, 0) is 24.3 Å². The Bertz CT molecular complexity index is 842. The van der Waals surface area contributed by atoms with E-state index in [9.17, 15) is 21.6 Å². The first-order valence-corrected chi connectivity index (χ1v) is 9.63. The first-order valence-electron chi connectivity index (χ1n) is 7.31. The topological polar surface area (TPSA) is 79.5 Å². The number of aromatic nitrogens is 1. The molecule has 2 N–H and O–H groups in total. The van der Waals surface area contributed by atoms with Crippen LogP contribution in [-0.4, -0.2) is 43.9 Å². The number of nitrogens with zero attached hydrogens (tertiary/aromatic N) is 3. The third-order valence-electron chi connectivity index (χ3n) is 3.81. The lowest BCUT2D eigenvalue weighted by Gasteiger charge is -2.33. The summed E-state index contributed by atoms with van der Waals surface area (Å²) in [6.45, 7) is 0.902. The quantitative estimate of drug-likeness (QED) is 0.811. The molecule has 0 atom stereocenters. The van der Waals surface area contributed by atoms with Crippen LogP contribution in [0.25, 0.3) is 0 Å². The van der Waals surface area contributed by atoms with Gasteiger partial charge in [-0.25, -0.2) is 13.4 Å². The number of nitrogens with two attached hydrogens (primary N) is 1. The molecule has 1 aromatic heterocycles. The highest BCUT2D eigenvalue weighted by atomic mass is 32.2. The Morgan fingerprint density at radius 2 is 1.68 bits per heavy atom. The second-order valence-electron chi connectivity index (χ2n) is 5.47. The molecule has 1 aliphatic heterocycles. The summed E-state index contributed by atoms with van der Waals surface area (Å²) in [5.74, 6) is 0. The van der Waals surface area contributed by atoms with E-state index in [1.807, 2.05) is 0 Å². The van der Waals surface area contributed by atoms with Crippen LogP contribution in [-0.2, 0) is 16.2 Å². The lowest BCUT2D eigenvalue weighted by atomic mass is 10.3. The zero-order valence-corrected chi connectivity index (χ0v) is 14.5. The van der Waals surface area contributed by atoms with Crippen molar-refractivity contribution in [3.8, 4) is 0 Å². The van der Waals surface area contributed by atoms with Crippen molar-refractivity contribution in [2.24, 2.45) is 0 Å². The lowest BCUT2D eigenvalue weighted by Crippen LogP contribution is -2.48. The van der Waals surface area contributed by atoms with Crippen LogP contribution in [0.5, 0.6) is 0 Å². The summed E-state index contributed by atoms with van der Waals surface area (Å²) >= 11 is 0.903. The zero-order chi connectivity index (χ0) is 18.2. The largest absolute Gasteiger partial charge is 0.434 e. The molecule has 25 heavy (non-hydrogen) atoms. The molecule has 2 heterocycles. The monoisotopic (exact) mass is 392 g/mol. The van der Waals surface area contributed by atoms with Gasteiger partial charge in [0.05, 0.1) is 4.90 Å². The highest BCUT2D eigenvalue weighted by molar-refractivity contribution is 7.89. The summed E-state index contributed by atoms with van der Waals surface area (Å²) in [5, 5.41) is 1.21. The Labute approximate surface area is 146 Å². The zero-order valence-electron chi connectivity index (χ0n) is 12.9. The molecule has 136 valence electrons. The standard InChI is InChI=1S/C14H15F3N4O2S2/c15-14(16,17)12-9-24-13(19-12)20-5-7-21(8-6-20)25(22,23)11-3-1-10(18)2-4-11/h1-4,9H,5-8,18H2. The van der Waals surface area contributed by atoms with Gasteiger partial charge in [-0.15, -0.1) is 11.3 Å². The van der Waals surface area contributed by atoms with E-state index in [1.165, 1.54) is 28.6 Å². The van der Waals surface area contributed by atoms with Crippen molar-refractivity contribution in [2.75, 3.05) is 36.8 Å². The summed E-state index contributed by atoms with van der Waals surface area (Å²) in [5.41, 5.74) is 5.10. The molecule has 2 aromatic rings. The number of nitrogen functional groups attached to an aromatic ring is 1. The minimum Gasteiger partial charge on any atom is -0.399 e. The number of benzene rings is 1. The Morgan fingerprint density at radius 3 is 2.20 bits per heavy atom. The maximum absolute atomic E-state index is 12.6. The van der Waals surface area contributed by atoms with Crippen LogP contribution < -0.4 is 10.6 Å². The Hall–Kier alpha value is -1.85. The number of rotatable bonds is 3. The summed E-state index contributed by atoms with van der Waals surface area (Å²) in [6.07, 6.45) is -4.48. The predicted octanol–water partition coefficient (Wildman–Crippen LogP) is 2.26. The molecule has 0 spiro atoms. The minimum absolute atomic E-state index is 0.142. The summed E-state index contributed by atoms with van der Waals surface area (Å²) in [6, 6.07) is 5.90. The molecule has 11 heteroatoms. The number of piperazine rings is 1. The van der Waals surface area contributed by atoms with Crippen molar-refractivity contribution < 1.29 is 21.6 Å². The molecular weight excluding hydrogens is 377 g/mol. The van der Waals surface area contributed by atoms with Crippen LogP contribution in [0.15, 0.2) is 34.5 Å². The fourth-order valence-corrected chi connectivity index (χ4v) is 4.76. The number of sulfonamides is 1. The minimum atomic E-state index is -4.48. The van der Waals surface area contributed by atoms with Crippen LogP contribution >= 0.6 is 11.3 Å². The molecule has 0 aliphatic carbocycles. The van der Waals surface area contributed by atoms with Crippen LogP contribution in [0.2, 0.25) is 0 Å². The average Bonchev–Trinajstić information content (AvgIpc) is 3.06. The van der Waals surface area contributed by atoms with Crippen LogP contribution in [0.1, 0.15) is 5.69 Å². The molecule has 0 unspecified atom stereocenters. The molecule has 3 rings (SSSR count). The van der Waals surface area contributed by atoms with Gasteiger partial charge in [-0.3, -0.25) is 0 Å². The highest BCUT2D eigenvalue weighted by Crippen LogP contribution is 2.33. The molecule has 0 amide bonds. The number of hydrogen-bond acceptors (Lipinski definition) is 6. The molecule has 0 bridgehead atoms. The number of thiazole rings is 1. The van der Waals surface area contributed by atoms with Crippen LogP contribution in [0.4, 0.5) is 24.0 Å². The summed E-state index contributed by atoms with van der Waals surface area (Å²) in [4.78, 5) is 5.40. The molecule has 1 aromatic carbocycles. The van der Waals surface area contributed by atoms with E-state index in [2.05, 4.69) is 4.98 Å². The average molecular weight is 392 g/mol. The van der Waals surface area contributed by atoms with Crippen molar-refractivity contribution in [2.45, 2.75) is 11.1 Å². The fourth-order valence-electron chi connectivity index (χ4n) is 2.45. The third-order valence-corrected chi connectivity index (χ3v) is 6.62. The van der Waals surface area contributed by atoms with E-state index >= 15 is 0 Å². The van der Waals surface area contributed by atoms with Gasteiger partial charge < -0.3 is 10.6 Å². The molecular formula is C14H15F3N4O2S2. The van der Waals surface area contributed by atoms with Gasteiger partial charge in [0.25, 0.3) is 0 Å². The van der Waals surface area contributed by atoms with Gasteiger partial charge in [-0.1, -0.05) is 0 Å². The van der Waals surface area contributed by atoms with Crippen molar-refractivity contribution in [3.63, 3.8) is 0 Å². The maximum Gasteiger partial charge on any atom is 0.434 e. The summed E-state index contributed by atoms with van der Waals surface area (Å²) < 4.78 is 64.4. The molecule has 1 aliphatic rings. The van der Waals surface area contributed by atoms with E-state index in [0.29, 0.717) is 5.69 Å². The van der Waals surface area contributed by atoms with Crippen molar-refractivity contribution in [3.05, 3.63) is 35.3 Å². The van der Waals surface area contributed by atoms with Crippen molar-refractivity contribution >= 4 is 32.2 Å². The smallest absolute Gasteiger partial charge is 0.399 e. The molecule has 6 nitrogen and oxygen atoms in total. The summed E-state index contributed by atoms with van der Waals surface area (Å²) in [7, 11) is -3.65. The molecule has 1 saturated heterocycles. The second-order valence-corrected chi connectivity index (χ2v) is 8.25. The molecule has 0 radical (unpaired) electrons. The van der Waals surface area contributed by atoms with E-state index < -0.39 is 21.9 Å². The van der Waals surface area contributed by atoms with Crippen molar-refractivity contribution in [1.82, 2.24) is 9.29 Å². The number of hydrogen-bond donors (Lipinski definition) is 1.